The molecule has 3 nitrogen and oxygen atoms in total. The van der Waals surface area contributed by atoms with Crippen molar-refractivity contribution in [2.24, 2.45) is 0 Å². The highest BCUT2D eigenvalue weighted by atomic mass is 32.2. The number of phenols is 2. The molecule has 4 heteroatoms. The molecule has 0 heterocycles. The van der Waals surface area contributed by atoms with Crippen LogP contribution in [0.25, 0.3) is 0 Å². The summed E-state index contributed by atoms with van der Waals surface area (Å²) in [5.41, 5.74) is 0.279. The van der Waals surface area contributed by atoms with Gasteiger partial charge in [0.2, 0.25) is 0 Å². The second-order valence-corrected chi connectivity index (χ2v) is 4.64. The van der Waals surface area contributed by atoms with E-state index in [0.717, 1.165) is 18.6 Å². The highest BCUT2D eigenvalue weighted by Crippen LogP contribution is 2.23. The Hall–Kier alpha value is -1.16. The standard InChI is InChI=1S/C12H16O3S/c1-2-3-6-16-8-12(15)10-5-4-9(13)7-11(10)14/h4-5,7,13-14H,2-3,6,8H2,1H3. The van der Waals surface area contributed by atoms with Gasteiger partial charge in [-0.3, -0.25) is 4.79 Å². The molecular formula is C12H16O3S. The maximum Gasteiger partial charge on any atom is 0.176 e. The summed E-state index contributed by atoms with van der Waals surface area (Å²) in [7, 11) is 0. The lowest BCUT2D eigenvalue weighted by Gasteiger charge is -2.04. The van der Waals surface area contributed by atoms with E-state index in [1.54, 1.807) is 11.8 Å². The van der Waals surface area contributed by atoms with E-state index in [-0.39, 0.29) is 22.8 Å². The summed E-state index contributed by atoms with van der Waals surface area (Å²) in [6, 6.07) is 4.04. The first kappa shape index (κ1) is 12.9. The van der Waals surface area contributed by atoms with Crippen LogP contribution in [0, 0.1) is 0 Å². The molecule has 2 N–H and O–H groups in total. The van der Waals surface area contributed by atoms with Gasteiger partial charge in [0.15, 0.2) is 5.78 Å². The van der Waals surface area contributed by atoms with Gasteiger partial charge < -0.3 is 10.2 Å². The first-order chi connectivity index (χ1) is 7.65. The number of ketones is 1. The van der Waals surface area contributed by atoms with Gasteiger partial charge in [-0.1, -0.05) is 13.3 Å². The number of thioether (sulfide) groups is 1. The molecule has 0 atom stereocenters. The zero-order valence-electron chi connectivity index (χ0n) is 9.27. The quantitative estimate of drug-likeness (QED) is 0.593. The number of hydrogen-bond donors (Lipinski definition) is 2. The van der Waals surface area contributed by atoms with Crippen LogP contribution in [0.2, 0.25) is 0 Å². The summed E-state index contributed by atoms with van der Waals surface area (Å²) in [5, 5.41) is 18.6. The molecule has 0 bridgehead atoms. The number of phenolic OH excluding ortho intramolecular Hbond substituents is 2. The molecule has 88 valence electrons. The lowest BCUT2D eigenvalue weighted by atomic mass is 10.1. The van der Waals surface area contributed by atoms with E-state index in [1.807, 2.05) is 0 Å². The minimum Gasteiger partial charge on any atom is -0.508 e. The molecule has 0 fully saturated rings. The fraction of sp³-hybridized carbons (Fsp3) is 0.417. The number of Topliss-reactive ketones (excluding diaryl/α,β-unsaturated/α-hetero) is 1. The van der Waals surface area contributed by atoms with E-state index < -0.39 is 0 Å². The first-order valence-corrected chi connectivity index (χ1v) is 6.43. The largest absolute Gasteiger partial charge is 0.508 e. The molecule has 0 saturated carbocycles. The van der Waals surface area contributed by atoms with E-state index in [1.165, 1.54) is 18.2 Å². The number of rotatable bonds is 6. The van der Waals surface area contributed by atoms with Gasteiger partial charge >= 0.3 is 0 Å². The summed E-state index contributed by atoms with van der Waals surface area (Å²) in [6.45, 7) is 2.11. The molecule has 0 radical (unpaired) electrons. The number of unbranched alkanes of at least 4 members (excludes halogenated alkanes) is 1. The molecule has 0 saturated heterocycles. The highest BCUT2D eigenvalue weighted by molar-refractivity contribution is 7.99. The van der Waals surface area contributed by atoms with Crippen LogP contribution in [-0.2, 0) is 0 Å². The van der Waals surface area contributed by atoms with Crippen LogP contribution in [-0.4, -0.2) is 27.5 Å². The fourth-order valence-corrected chi connectivity index (χ4v) is 2.22. The average Bonchev–Trinajstić information content (AvgIpc) is 2.24. The van der Waals surface area contributed by atoms with Gasteiger partial charge in [0.25, 0.3) is 0 Å². The van der Waals surface area contributed by atoms with Crippen LogP contribution in [0.4, 0.5) is 0 Å². The van der Waals surface area contributed by atoms with E-state index in [4.69, 9.17) is 5.11 Å². The maximum atomic E-state index is 11.7. The average molecular weight is 240 g/mol. The van der Waals surface area contributed by atoms with Crippen LogP contribution in [0.1, 0.15) is 30.1 Å². The van der Waals surface area contributed by atoms with Gasteiger partial charge in [0.1, 0.15) is 11.5 Å². The molecule has 16 heavy (non-hydrogen) atoms. The Morgan fingerprint density at radius 2 is 2.12 bits per heavy atom. The predicted molar refractivity (Wildman–Crippen MR) is 66.3 cm³/mol. The number of benzene rings is 1. The lowest BCUT2D eigenvalue weighted by Crippen LogP contribution is -2.03. The number of carbonyl (C=O) groups is 1. The van der Waals surface area contributed by atoms with Gasteiger partial charge in [-0.15, -0.1) is 0 Å². The molecule has 0 aromatic heterocycles. The fourth-order valence-electron chi connectivity index (χ4n) is 1.24. The molecule has 1 aromatic rings. The minimum atomic E-state index is -0.152. The summed E-state index contributed by atoms with van der Waals surface area (Å²) in [4.78, 5) is 11.7. The Morgan fingerprint density at radius 3 is 2.75 bits per heavy atom. The van der Waals surface area contributed by atoms with Crippen LogP contribution < -0.4 is 0 Å². The Balaban J connectivity index is 2.53. The minimum absolute atomic E-state index is 0.0345. The van der Waals surface area contributed by atoms with Crippen molar-refractivity contribution in [1.29, 1.82) is 0 Å². The number of carbonyl (C=O) groups excluding carboxylic acids is 1. The predicted octanol–water partition coefficient (Wildman–Crippen LogP) is 2.81. The van der Waals surface area contributed by atoms with Crippen molar-refractivity contribution < 1.29 is 15.0 Å². The third-order valence-electron chi connectivity index (χ3n) is 2.16. The van der Waals surface area contributed by atoms with Crippen molar-refractivity contribution in [2.75, 3.05) is 11.5 Å². The van der Waals surface area contributed by atoms with Crippen LogP contribution in [0.15, 0.2) is 18.2 Å². The van der Waals surface area contributed by atoms with Gasteiger partial charge in [-0.25, -0.2) is 0 Å². The Labute approximate surface area is 99.5 Å². The van der Waals surface area contributed by atoms with E-state index >= 15 is 0 Å². The van der Waals surface area contributed by atoms with E-state index in [2.05, 4.69) is 6.92 Å². The first-order valence-electron chi connectivity index (χ1n) is 5.28. The van der Waals surface area contributed by atoms with Crippen molar-refractivity contribution in [3.63, 3.8) is 0 Å². The lowest BCUT2D eigenvalue weighted by molar-refractivity contribution is 0.102. The second kappa shape index (κ2) is 6.43. The van der Waals surface area contributed by atoms with Crippen molar-refractivity contribution in [3.8, 4) is 11.5 Å². The van der Waals surface area contributed by atoms with Gasteiger partial charge in [0.05, 0.1) is 11.3 Å². The monoisotopic (exact) mass is 240 g/mol. The third kappa shape index (κ3) is 3.77. The van der Waals surface area contributed by atoms with Gasteiger partial charge in [-0.05, 0) is 24.3 Å². The zero-order valence-corrected chi connectivity index (χ0v) is 10.1. The van der Waals surface area contributed by atoms with Crippen LogP contribution in [0.5, 0.6) is 11.5 Å². The zero-order chi connectivity index (χ0) is 12.0. The molecule has 1 aromatic carbocycles. The molecule has 0 aliphatic rings. The van der Waals surface area contributed by atoms with Gasteiger partial charge in [0, 0.05) is 6.07 Å². The van der Waals surface area contributed by atoms with Crippen LogP contribution >= 0.6 is 11.8 Å². The number of hydrogen-bond acceptors (Lipinski definition) is 4. The van der Waals surface area contributed by atoms with Crippen molar-refractivity contribution in [3.05, 3.63) is 23.8 Å². The van der Waals surface area contributed by atoms with E-state index in [9.17, 15) is 9.90 Å². The SMILES string of the molecule is CCCCSCC(=O)c1ccc(O)cc1O. The maximum absolute atomic E-state index is 11.7. The summed E-state index contributed by atoms with van der Waals surface area (Å²) < 4.78 is 0. The highest BCUT2D eigenvalue weighted by Gasteiger charge is 2.11. The van der Waals surface area contributed by atoms with E-state index in [0.29, 0.717) is 5.75 Å². The van der Waals surface area contributed by atoms with Crippen LogP contribution in [0.3, 0.4) is 0 Å². The Kier molecular flexibility index (Phi) is 5.19. The molecule has 0 aliphatic heterocycles. The Morgan fingerprint density at radius 1 is 1.38 bits per heavy atom. The van der Waals surface area contributed by atoms with Gasteiger partial charge in [-0.2, -0.15) is 11.8 Å². The molecule has 0 amide bonds. The topological polar surface area (TPSA) is 57.5 Å². The summed E-state index contributed by atoms with van der Waals surface area (Å²) in [5.74, 6) is 1.05. The molecular weight excluding hydrogens is 224 g/mol. The summed E-state index contributed by atoms with van der Waals surface area (Å²) >= 11 is 1.57. The molecule has 0 unspecified atom stereocenters. The smallest absolute Gasteiger partial charge is 0.176 e. The molecule has 1 rings (SSSR count). The van der Waals surface area contributed by atoms with Crippen molar-refractivity contribution in [2.45, 2.75) is 19.8 Å². The molecule has 0 aliphatic carbocycles. The van der Waals surface area contributed by atoms with Crippen molar-refractivity contribution in [1.82, 2.24) is 0 Å². The van der Waals surface area contributed by atoms with Crippen molar-refractivity contribution >= 4 is 17.5 Å². The Bertz CT molecular complexity index is 363. The molecule has 0 spiro atoms. The second-order valence-electron chi connectivity index (χ2n) is 3.53. The number of aromatic hydroxyl groups is 2. The summed E-state index contributed by atoms with van der Waals surface area (Å²) in [6.07, 6.45) is 2.21. The third-order valence-corrected chi connectivity index (χ3v) is 3.20. The normalized spacial score (nSPS) is 10.3.